The third-order valence-corrected chi connectivity index (χ3v) is 3.93. The molecule has 0 radical (unpaired) electrons. The van der Waals surface area contributed by atoms with E-state index in [0.717, 1.165) is 24.3 Å². The summed E-state index contributed by atoms with van der Waals surface area (Å²) in [5.41, 5.74) is 0. The lowest BCUT2D eigenvalue weighted by atomic mass is 10.3. The predicted molar refractivity (Wildman–Crippen MR) is 75.3 cm³/mol. The second-order valence-corrected chi connectivity index (χ2v) is 5.76. The lowest BCUT2D eigenvalue weighted by molar-refractivity contribution is 0.282. The van der Waals surface area contributed by atoms with Gasteiger partial charge in [0.1, 0.15) is 0 Å². The van der Waals surface area contributed by atoms with Crippen molar-refractivity contribution in [1.82, 2.24) is 0 Å². The third kappa shape index (κ3) is 3.30. The van der Waals surface area contributed by atoms with Crippen molar-refractivity contribution >= 4 is 19.7 Å². The third-order valence-electron chi connectivity index (χ3n) is 2.44. The molecule has 0 aliphatic carbocycles. The molecule has 0 heterocycles. The smallest absolute Gasteiger partial charge is 0.504 e. The number of phosphoric acid groups is 1. The first kappa shape index (κ1) is 16.1. The summed E-state index contributed by atoms with van der Waals surface area (Å²) >= 11 is 5.08. The highest BCUT2D eigenvalue weighted by Crippen LogP contribution is 2.56. The summed E-state index contributed by atoms with van der Waals surface area (Å²) in [6.45, 7) is 0. The van der Waals surface area contributed by atoms with Gasteiger partial charge in [-0.3, -0.25) is 0 Å². The molecule has 0 unspecified atom stereocenters. The highest BCUT2D eigenvalue weighted by atomic mass is 35.5. The number of halogens is 1. The number of aromatic hydroxyl groups is 4. The van der Waals surface area contributed by atoms with Crippen LogP contribution < -0.4 is 9.05 Å². The molecule has 0 amide bonds. The van der Waals surface area contributed by atoms with Gasteiger partial charge in [-0.25, -0.2) is 4.57 Å². The SMILES string of the molecule is O=P(OCl)(Oc1c(O)cccc1O)Oc1c(O)cccc1O. The minimum atomic E-state index is -4.63. The molecule has 118 valence electrons. The van der Waals surface area contributed by atoms with Gasteiger partial charge in [0.25, 0.3) is 0 Å². The Bertz CT molecular complexity index is 637. The number of benzene rings is 2. The maximum absolute atomic E-state index is 12.3. The van der Waals surface area contributed by atoms with Crippen molar-refractivity contribution in [3.05, 3.63) is 36.4 Å². The molecular weight excluding hydrogens is 339 g/mol. The van der Waals surface area contributed by atoms with Crippen LogP contribution in [-0.2, 0) is 8.64 Å². The van der Waals surface area contributed by atoms with E-state index in [1.54, 1.807) is 0 Å². The number of hydrogen-bond donors (Lipinski definition) is 4. The Balaban J connectivity index is 2.36. The van der Waals surface area contributed by atoms with E-state index in [1.165, 1.54) is 12.1 Å². The number of phenols is 4. The Hall–Kier alpha value is -2.28. The normalized spacial score (nSPS) is 11.1. The summed E-state index contributed by atoms with van der Waals surface area (Å²) in [7, 11) is -4.63. The highest BCUT2D eigenvalue weighted by molar-refractivity contribution is 7.50. The zero-order valence-electron chi connectivity index (χ0n) is 10.7. The van der Waals surface area contributed by atoms with Crippen LogP contribution in [0.3, 0.4) is 0 Å². The molecule has 0 aromatic heterocycles. The number of hydrogen-bond acceptors (Lipinski definition) is 8. The van der Waals surface area contributed by atoms with Gasteiger partial charge >= 0.3 is 7.82 Å². The van der Waals surface area contributed by atoms with E-state index in [9.17, 15) is 25.0 Å². The Labute approximate surface area is 129 Å². The van der Waals surface area contributed by atoms with Gasteiger partial charge in [0, 0.05) is 0 Å². The van der Waals surface area contributed by atoms with Crippen molar-refractivity contribution in [3.8, 4) is 34.5 Å². The molecule has 0 atom stereocenters. The van der Waals surface area contributed by atoms with E-state index in [4.69, 9.17) is 20.9 Å². The van der Waals surface area contributed by atoms with E-state index in [2.05, 4.69) is 4.08 Å². The van der Waals surface area contributed by atoms with Crippen molar-refractivity contribution in [2.45, 2.75) is 0 Å². The van der Waals surface area contributed by atoms with Gasteiger partial charge in [-0.2, -0.15) is 4.08 Å². The van der Waals surface area contributed by atoms with Crippen molar-refractivity contribution in [1.29, 1.82) is 0 Å². The fourth-order valence-electron chi connectivity index (χ4n) is 1.48. The van der Waals surface area contributed by atoms with Gasteiger partial charge < -0.3 is 29.5 Å². The molecule has 4 N–H and O–H groups in total. The van der Waals surface area contributed by atoms with Gasteiger partial charge in [-0.15, -0.1) is 0 Å². The minimum Gasteiger partial charge on any atom is -0.504 e. The number of para-hydroxylation sites is 2. The van der Waals surface area contributed by atoms with Crippen molar-refractivity contribution < 1.29 is 38.1 Å². The Kier molecular flexibility index (Phi) is 4.56. The molecule has 2 aromatic rings. The first-order chi connectivity index (χ1) is 10.4. The summed E-state index contributed by atoms with van der Waals surface area (Å²) in [6, 6.07) is 7.19. The molecular formula is C12H10ClO8P. The van der Waals surface area contributed by atoms with Gasteiger partial charge in [-0.05, 0) is 24.3 Å². The molecule has 0 spiro atoms. The Morgan fingerprint density at radius 1 is 0.773 bits per heavy atom. The van der Waals surface area contributed by atoms with Crippen LogP contribution in [0.1, 0.15) is 0 Å². The summed E-state index contributed by atoms with van der Waals surface area (Å²) in [6.07, 6.45) is 0. The summed E-state index contributed by atoms with van der Waals surface area (Å²) in [5.74, 6) is -3.45. The first-order valence-corrected chi connectivity index (χ1v) is 7.44. The second-order valence-electron chi connectivity index (χ2n) is 3.95. The van der Waals surface area contributed by atoms with Crippen molar-refractivity contribution in [3.63, 3.8) is 0 Å². The van der Waals surface area contributed by atoms with Crippen LogP contribution in [0, 0.1) is 0 Å². The number of rotatable bonds is 5. The average molecular weight is 349 g/mol. The molecule has 0 saturated heterocycles. The van der Waals surface area contributed by atoms with Crippen LogP contribution in [0.25, 0.3) is 0 Å². The molecule has 0 saturated carbocycles. The van der Waals surface area contributed by atoms with Gasteiger partial charge in [0.15, 0.2) is 23.0 Å². The zero-order valence-corrected chi connectivity index (χ0v) is 12.4. The van der Waals surface area contributed by atoms with E-state index >= 15 is 0 Å². The average Bonchev–Trinajstić information content (AvgIpc) is 2.47. The first-order valence-electron chi connectivity index (χ1n) is 5.68. The molecule has 2 rings (SSSR count). The molecule has 10 heteroatoms. The standard InChI is InChI=1S/C12H10ClO8P/c13-21-22(18,19-11-7(14)3-1-4-8(11)15)20-12-9(16)5-2-6-10(12)17/h1-6,14-17H. The summed E-state index contributed by atoms with van der Waals surface area (Å²) in [4.78, 5) is 0. The molecule has 2 aromatic carbocycles. The quantitative estimate of drug-likeness (QED) is 0.607. The lowest BCUT2D eigenvalue weighted by Crippen LogP contribution is -2.02. The lowest BCUT2D eigenvalue weighted by Gasteiger charge is -2.17. The van der Waals surface area contributed by atoms with E-state index < -0.39 is 42.3 Å². The molecule has 0 aliphatic heterocycles. The monoisotopic (exact) mass is 348 g/mol. The molecule has 22 heavy (non-hydrogen) atoms. The predicted octanol–water partition coefficient (Wildman–Crippen LogP) is 3.25. The van der Waals surface area contributed by atoms with Crippen LogP contribution in [0.5, 0.6) is 34.5 Å². The highest BCUT2D eigenvalue weighted by Gasteiger charge is 2.35. The van der Waals surface area contributed by atoms with Crippen LogP contribution in [-0.4, -0.2) is 20.4 Å². The molecule has 8 nitrogen and oxygen atoms in total. The Morgan fingerprint density at radius 3 is 1.36 bits per heavy atom. The Morgan fingerprint density at radius 2 is 1.09 bits per heavy atom. The number of phosphoric ester groups is 1. The largest absolute Gasteiger partial charge is 0.605 e. The second kappa shape index (κ2) is 6.23. The van der Waals surface area contributed by atoms with Crippen LogP contribution in [0.2, 0.25) is 0 Å². The van der Waals surface area contributed by atoms with E-state index in [-0.39, 0.29) is 0 Å². The summed E-state index contributed by atoms with van der Waals surface area (Å²) in [5, 5.41) is 38.3. The molecule has 0 aliphatic rings. The number of phenolic OH excluding ortho intramolecular Hbond substituents is 4. The fraction of sp³-hybridized carbons (Fsp3) is 0. The van der Waals surface area contributed by atoms with Crippen LogP contribution in [0.4, 0.5) is 0 Å². The van der Waals surface area contributed by atoms with Crippen LogP contribution >= 0.6 is 19.7 Å². The molecule has 0 bridgehead atoms. The van der Waals surface area contributed by atoms with E-state index in [0.29, 0.717) is 0 Å². The zero-order chi connectivity index (χ0) is 16.3. The molecule has 0 fully saturated rings. The maximum atomic E-state index is 12.3. The van der Waals surface area contributed by atoms with Gasteiger partial charge in [-0.1, -0.05) is 12.1 Å². The van der Waals surface area contributed by atoms with E-state index in [1.807, 2.05) is 0 Å². The minimum absolute atomic E-state index is 0.556. The fourth-order valence-corrected chi connectivity index (χ4v) is 2.57. The van der Waals surface area contributed by atoms with Crippen molar-refractivity contribution in [2.24, 2.45) is 0 Å². The van der Waals surface area contributed by atoms with Crippen LogP contribution in [0.15, 0.2) is 36.4 Å². The van der Waals surface area contributed by atoms with Gasteiger partial charge in [0.05, 0.1) is 11.9 Å². The summed E-state index contributed by atoms with van der Waals surface area (Å²) < 4.78 is 26.0. The maximum Gasteiger partial charge on any atom is 0.605 e. The topological polar surface area (TPSA) is 126 Å². The van der Waals surface area contributed by atoms with Crippen molar-refractivity contribution in [2.75, 3.05) is 0 Å². The van der Waals surface area contributed by atoms with Gasteiger partial charge in [0.2, 0.25) is 11.5 Å².